The molecule has 0 spiro atoms. The van der Waals surface area contributed by atoms with Crippen LogP contribution in [0, 0.1) is 0 Å². The molecule has 0 aliphatic carbocycles. The van der Waals surface area contributed by atoms with Crippen LogP contribution in [0.3, 0.4) is 0 Å². The second-order valence-electron chi connectivity index (χ2n) is 4.00. The van der Waals surface area contributed by atoms with Crippen molar-refractivity contribution in [2.75, 3.05) is 18.8 Å². The number of hydrogen-bond donors (Lipinski definition) is 0. The molecule has 0 N–H and O–H groups in total. The lowest BCUT2D eigenvalue weighted by molar-refractivity contribution is 0.401. The molecule has 0 atom stereocenters. The van der Waals surface area contributed by atoms with E-state index in [-0.39, 0.29) is 0 Å². The Kier molecular flexibility index (Phi) is 5.17. The van der Waals surface area contributed by atoms with Gasteiger partial charge in [-0.05, 0) is 43.0 Å². The van der Waals surface area contributed by atoms with Crippen LogP contribution in [0.15, 0.2) is 53.8 Å². The van der Waals surface area contributed by atoms with Crippen LogP contribution < -0.4 is 0 Å². The first kappa shape index (κ1) is 12.2. The molecule has 1 aromatic heterocycles. The highest BCUT2D eigenvalue weighted by Crippen LogP contribution is 2.17. The first-order valence-electron chi connectivity index (χ1n) is 6.05. The fourth-order valence-corrected chi connectivity index (χ4v) is 2.61. The molecule has 0 bridgehead atoms. The lowest BCUT2D eigenvalue weighted by Gasteiger charge is -2.20. The maximum Gasteiger partial charge on any atom is 0.0357 e. The van der Waals surface area contributed by atoms with Gasteiger partial charge in [-0.1, -0.05) is 12.2 Å². The maximum absolute atomic E-state index is 4.02. The highest BCUT2D eigenvalue weighted by molar-refractivity contribution is 7.99. The summed E-state index contributed by atoms with van der Waals surface area (Å²) in [6.07, 6.45) is 14.8. The molecule has 1 aliphatic rings. The third-order valence-electron chi connectivity index (χ3n) is 2.64. The summed E-state index contributed by atoms with van der Waals surface area (Å²) in [5.41, 5.74) is 0. The number of allylic oxidation sites excluding steroid dienone is 2. The zero-order valence-corrected chi connectivity index (χ0v) is 10.8. The van der Waals surface area contributed by atoms with Gasteiger partial charge in [-0.2, -0.15) is 0 Å². The van der Waals surface area contributed by atoms with Gasteiger partial charge in [-0.15, -0.1) is 11.8 Å². The molecule has 17 heavy (non-hydrogen) atoms. The monoisotopic (exact) mass is 246 g/mol. The molecular weight excluding hydrogens is 228 g/mol. The van der Waals surface area contributed by atoms with E-state index in [2.05, 4.69) is 46.4 Å². The van der Waals surface area contributed by atoms with E-state index in [1.165, 1.54) is 23.5 Å². The zero-order valence-electron chi connectivity index (χ0n) is 9.96. The van der Waals surface area contributed by atoms with E-state index in [0.29, 0.717) is 0 Å². The lowest BCUT2D eigenvalue weighted by atomic mass is 10.3. The van der Waals surface area contributed by atoms with Crippen molar-refractivity contribution in [1.82, 2.24) is 9.88 Å². The van der Waals surface area contributed by atoms with Crippen LogP contribution in [0.4, 0.5) is 0 Å². The summed E-state index contributed by atoms with van der Waals surface area (Å²) in [6.45, 7) is 2.23. The average molecular weight is 246 g/mol. The van der Waals surface area contributed by atoms with Crippen molar-refractivity contribution in [3.05, 3.63) is 49.0 Å². The van der Waals surface area contributed by atoms with Crippen LogP contribution in [0.1, 0.15) is 12.8 Å². The normalized spacial score (nSPS) is 14.2. The topological polar surface area (TPSA) is 16.1 Å². The molecule has 0 radical (unpaired) electrons. The van der Waals surface area contributed by atoms with E-state index in [0.717, 1.165) is 13.1 Å². The number of unbranched alkanes of at least 4 members (excludes halogenated alkanes) is 1. The van der Waals surface area contributed by atoms with Gasteiger partial charge in [0.2, 0.25) is 0 Å². The predicted molar refractivity (Wildman–Crippen MR) is 74.0 cm³/mol. The van der Waals surface area contributed by atoms with E-state index in [9.17, 15) is 0 Å². The Bertz CT molecular complexity index is 373. The highest BCUT2D eigenvalue weighted by Gasteiger charge is 1.99. The molecule has 0 fully saturated rings. The summed E-state index contributed by atoms with van der Waals surface area (Å²) < 4.78 is 0. The molecule has 0 saturated heterocycles. The van der Waals surface area contributed by atoms with E-state index in [1.807, 2.05) is 24.2 Å². The van der Waals surface area contributed by atoms with Gasteiger partial charge in [0, 0.05) is 30.4 Å². The molecule has 0 unspecified atom stereocenters. The Morgan fingerprint density at radius 3 is 2.82 bits per heavy atom. The summed E-state index contributed by atoms with van der Waals surface area (Å²) in [7, 11) is 0. The Morgan fingerprint density at radius 2 is 2.06 bits per heavy atom. The number of rotatable bonds is 6. The van der Waals surface area contributed by atoms with Gasteiger partial charge >= 0.3 is 0 Å². The maximum atomic E-state index is 4.02. The number of aromatic nitrogens is 1. The van der Waals surface area contributed by atoms with Crippen LogP contribution in [0.2, 0.25) is 0 Å². The van der Waals surface area contributed by atoms with Crippen molar-refractivity contribution in [1.29, 1.82) is 0 Å². The van der Waals surface area contributed by atoms with Gasteiger partial charge < -0.3 is 4.90 Å². The second kappa shape index (κ2) is 7.17. The SMILES string of the molecule is C1=CCN(CCCCSc2ccncc2)C=C1. The van der Waals surface area contributed by atoms with Crippen molar-refractivity contribution in [2.24, 2.45) is 0 Å². The molecule has 1 aromatic rings. The van der Waals surface area contributed by atoms with E-state index < -0.39 is 0 Å². The van der Waals surface area contributed by atoms with Crippen molar-refractivity contribution >= 4 is 11.8 Å². The smallest absolute Gasteiger partial charge is 0.0357 e. The van der Waals surface area contributed by atoms with Gasteiger partial charge in [-0.25, -0.2) is 0 Å². The van der Waals surface area contributed by atoms with Gasteiger partial charge in [-0.3, -0.25) is 4.98 Å². The van der Waals surface area contributed by atoms with Crippen LogP contribution in [0.5, 0.6) is 0 Å². The lowest BCUT2D eigenvalue weighted by Crippen LogP contribution is -2.20. The van der Waals surface area contributed by atoms with Crippen LogP contribution in [-0.4, -0.2) is 28.7 Å². The van der Waals surface area contributed by atoms with Crippen molar-refractivity contribution in [2.45, 2.75) is 17.7 Å². The van der Waals surface area contributed by atoms with Gasteiger partial charge in [0.25, 0.3) is 0 Å². The Hall–Kier alpha value is -1.22. The van der Waals surface area contributed by atoms with Gasteiger partial charge in [0.05, 0.1) is 0 Å². The summed E-state index contributed by atoms with van der Waals surface area (Å²) in [6, 6.07) is 4.14. The molecule has 0 aromatic carbocycles. The van der Waals surface area contributed by atoms with Gasteiger partial charge in [0.1, 0.15) is 0 Å². The molecule has 0 amide bonds. The number of thioether (sulfide) groups is 1. The predicted octanol–water partition coefficient (Wildman–Crippen LogP) is 3.34. The number of pyridine rings is 1. The van der Waals surface area contributed by atoms with Crippen molar-refractivity contribution in [3.63, 3.8) is 0 Å². The molecule has 2 heterocycles. The number of nitrogens with zero attached hydrogens (tertiary/aromatic N) is 2. The Labute approximate surface area is 107 Å². The standard InChI is InChI=1S/C14H18N2S/c1-2-10-16(11-3-1)12-4-5-13-17-14-6-8-15-9-7-14/h1-3,6-10H,4-5,11-13H2. The summed E-state index contributed by atoms with van der Waals surface area (Å²) in [5.74, 6) is 1.19. The van der Waals surface area contributed by atoms with E-state index in [1.54, 1.807) is 0 Å². The molecule has 2 rings (SSSR count). The highest BCUT2D eigenvalue weighted by atomic mass is 32.2. The third kappa shape index (κ3) is 4.65. The molecule has 90 valence electrons. The Balaban J connectivity index is 1.55. The second-order valence-corrected chi connectivity index (χ2v) is 5.17. The van der Waals surface area contributed by atoms with Crippen LogP contribution in [-0.2, 0) is 0 Å². The quantitative estimate of drug-likeness (QED) is 0.566. The molecular formula is C14H18N2S. The fraction of sp³-hybridized carbons (Fsp3) is 0.357. The number of hydrogen-bond acceptors (Lipinski definition) is 3. The van der Waals surface area contributed by atoms with Gasteiger partial charge in [0.15, 0.2) is 0 Å². The minimum absolute atomic E-state index is 1.06. The minimum Gasteiger partial charge on any atom is -0.374 e. The summed E-state index contributed by atoms with van der Waals surface area (Å²) in [4.78, 5) is 7.70. The minimum atomic E-state index is 1.06. The average Bonchev–Trinajstić information content (AvgIpc) is 2.41. The third-order valence-corrected chi connectivity index (χ3v) is 3.74. The first-order chi connectivity index (χ1) is 8.45. The van der Waals surface area contributed by atoms with Crippen molar-refractivity contribution in [3.8, 4) is 0 Å². The first-order valence-corrected chi connectivity index (χ1v) is 7.04. The molecule has 3 heteroatoms. The summed E-state index contributed by atoms with van der Waals surface area (Å²) in [5, 5.41) is 0. The summed E-state index contributed by atoms with van der Waals surface area (Å²) >= 11 is 1.92. The zero-order chi connectivity index (χ0) is 11.8. The van der Waals surface area contributed by atoms with Crippen LogP contribution >= 0.6 is 11.8 Å². The van der Waals surface area contributed by atoms with E-state index in [4.69, 9.17) is 0 Å². The van der Waals surface area contributed by atoms with E-state index >= 15 is 0 Å². The molecule has 2 nitrogen and oxygen atoms in total. The fourth-order valence-electron chi connectivity index (χ4n) is 1.71. The van der Waals surface area contributed by atoms with Crippen LogP contribution in [0.25, 0.3) is 0 Å². The molecule has 1 aliphatic heterocycles. The Morgan fingerprint density at radius 1 is 1.18 bits per heavy atom. The largest absolute Gasteiger partial charge is 0.374 e. The molecule has 0 saturated carbocycles. The van der Waals surface area contributed by atoms with Crippen molar-refractivity contribution < 1.29 is 0 Å².